The van der Waals surface area contributed by atoms with Crippen molar-refractivity contribution in [3.63, 3.8) is 0 Å². The Hall–Kier alpha value is -3.65. The van der Waals surface area contributed by atoms with E-state index in [9.17, 15) is 14.4 Å². The van der Waals surface area contributed by atoms with Crippen LogP contribution in [0.2, 0.25) is 5.02 Å². The normalized spacial score (nSPS) is 17.9. The first-order valence-electron chi connectivity index (χ1n) is 12.6. The molecule has 1 saturated carbocycles. The molecule has 1 saturated heterocycles. The van der Waals surface area contributed by atoms with Crippen LogP contribution in [0.25, 0.3) is 17.0 Å². The van der Waals surface area contributed by atoms with E-state index >= 15 is 4.39 Å². The molecule has 0 spiro atoms. The third-order valence-electron chi connectivity index (χ3n) is 7.25. The van der Waals surface area contributed by atoms with Crippen LogP contribution in [0.4, 0.5) is 10.1 Å². The van der Waals surface area contributed by atoms with Crippen LogP contribution < -0.4 is 15.1 Å². The number of ether oxygens (including phenoxy) is 1. The molecule has 0 radical (unpaired) electrons. The summed E-state index contributed by atoms with van der Waals surface area (Å²) in [5, 5.41) is 0.692. The van der Waals surface area contributed by atoms with E-state index in [2.05, 4.69) is 0 Å². The first-order valence-corrected chi connectivity index (χ1v) is 13.0. The molecule has 1 aromatic heterocycles. The third-order valence-corrected chi connectivity index (χ3v) is 7.51. The maximum Gasteiger partial charge on any atom is 0.219 e. The molecule has 3 aromatic rings. The predicted octanol–water partition coefficient (Wildman–Crippen LogP) is 5.09. The van der Waals surface area contributed by atoms with Gasteiger partial charge in [-0.3, -0.25) is 14.4 Å². The number of nitrogens with zero attached hydrogens (tertiary/aromatic N) is 3. The smallest absolute Gasteiger partial charge is 0.219 e. The second kappa shape index (κ2) is 10.3. The van der Waals surface area contributed by atoms with Crippen LogP contribution in [0, 0.1) is 5.82 Å². The number of allylic oxidation sites excluding steroid dienone is 1. The number of carbonyl (C=O) groups excluding carboxylic acids is 2. The number of methoxy groups -OCH3 is 1. The van der Waals surface area contributed by atoms with Gasteiger partial charge in [0.25, 0.3) is 0 Å². The fourth-order valence-electron chi connectivity index (χ4n) is 5.21. The monoisotopic (exact) mass is 537 g/mol. The number of rotatable bonds is 6. The van der Waals surface area contributed by atoms with Crippen molar-refractivity contribution < 1.29 is 18.7 Å². The molecule has 0 bridgehead atoms. The Labute approximate surface area is 225 Å². The summed E-state index contributed by atoms with van der Waals surface area (Å²) in [6.07, 6.45) is 6.32. The fourth-order valence-corrected chi connectivity index (χ4v) is 5.34. The van der Waals surface area contributed by atoms with Crippen LogP contribution in [-0.2, 0) is 4.79 Å². The molecule has 38 heavy (non-hydrogen) atoms. The summed E-state index contributed by atoms with van der Waals surface area (Å²) in [5.74, 6) is -0.811. The zero-order chi connectivity index (χ0) is 27.1. The number of amides is 1. The number of carbonyl (C=O) groups is 2. The largest absolute Gasteiger partial charge is 0.492 e. The Balaban J connectivity index is 1.60. The Morgan fingerprint density at radius 1 is 1.16 bits per heavy atom. The van der Waals surface area contributed by atoms with E-state index in [1.807, 2.05) is 16.4 Å². The molecule has 2 aliphatic rings. The molecule has 1 unspecified atom stereocenters. The number of benzene rings is 2. The van der Waals surface area contributed by atoms with Crippen molar-refractivity contribution >= 4 is 46.0 Å². The summed E-state index contributed by atoms with van der Waals surface area (Å²) in [6.45, 7) is 4.77. The van der Waals surface area contributed by atoms with Gasteiger partial charge in [-0.25, -0.2) is 4.39 Å². The van der Waals surface area contributed by atoms with Crippen LogP contribution in [0.1, 0.15) is 48.7 Å². The van der Waals surface area contributed by atoms with Gasteiger partial charge in [-0.05, 0) is 49.6 Å². The SMILES string of the molecule is COc1c(N2CCN(C(C)=O)C(C)C2)c(F)cc2c(=O)c(C(=O)/C=C/c3ccc(Cl)cc3)cn(C3CC3)c12. The molecule has 1 aliphatic heterocycles. The van der Waals surface area contributed by atoms with Crippen molar-refractivity contribution in [1.82, 2.24) is 9.47 Å². The highest BCUT2D eigenvalue weighted by atomic mass is 35.5. The molecule has 9 heteroatoms. The van der Waals surface area contributed by atoms with Gasteiger partial charge in [-0.2, -0.15) is 0 Å². The molecule has 1 amide bonds. The van der Waals surface area contributed by atoms with Crippen molar-refractivity contribution in [2.24, 2.45) is 0 Å². The second-order valence-corrected chi connectivity index (χ2v) is 10.3. The van der Waals surface area contributed by atoms with Crippen LogP contribution >= 0.6 is 11.6 Å². The molecule has 2 fully saturated rings. The van der Waals surface area contributed by atoms with Crippen molar-refractivity contribution in [3.05, 3.63) is 74.8 Å². The average Bonchev–Trinajstić information content (AvgIpc) is 3.73. The van der Waals surface area contributed by atoms with Gasteiger partial charge >= 0.3 is 0 Å². The molecule has 2 aromatic carbocycles. The molecule has 7 nitrogen and oxygen atoms in total. The van der Waals surface area contributed by atoms with Crippen LogP contribution in [0.3, 0.4) is 0 Å². The van der Waals surface area contributed by atoms with E-state index in [0.717, 1.165) is 18.4 Å². The van der Waals surface area contributed by atoms with E-state index < -0.39 is 17.0 Å². The molecule has 198 valence electrons. The van der Waals surface area contributed by atoms with Crippen LogP contribution in [0.5, 0.6) is 5.75 Å². The number of pyridine rings is 1. The zero-order valence-electron chi connectivity index (χ0n) is 21.5. The summed E-state index contributed by atoms with van der Waals surface area (Å²) in [4.78, 5) is 42.2. The van der Waals surface area contributed by atoms with Gasteiger partial charge in [0, 0.05) is 49.9 Å². The standard InChI is InChI=1S/C29H29ClFN3O4/c1-17-15-32(12-13-33(17)18(2)35)27-24(31)14-22-26(29(27)38-3)34(21-9-10-21)16-23(28(22)37)25(36)11-6-19-4-7-20(30)8-5-19/h4-8,11,14,16-17,21H,9-10,12-13,15H2,1-3H3/b11-6+. The van der Waals surface area contributed by atoms with Crippen LogP contribution in [0.15, 0.2) is 47.4 Å². The van der Waals surface area contributed by atoms with Gasteiger partial charge in [0.1, 0.15) is 5.69 Å². The minimum atomic E-state index is -0.599. The van der Waals surface area contributed by atoms with E-state index in [-0.39, 0.29) is 40.4 Å². The summed E-state index contributed by atoms with van der Waals surface area (Å²) in [5.41, 5.74) is 0.957. The van der Waals surface area contributed by atoms with E-state index in [1.54, 1.807) is 41.4 Å². The number of hydrogen-bond acceptors (Lipinski definition) is 5. The minimum absolute atomic E-state index is 0.0204. The van der Waals surface area contributed by atoms with Gasteiger partial charge in [-0.15, -0.1) is 0 Å². The molecule has 5 rings (SSSR count). The summed E-state index contributed by atoms with van der Waals surface area (Å²) in [6, 6.07) is 8.17. The van der Waals surface area contributed by atoms with E-state index in [1.165, 1.54) is 26.2 Å². The van der Waals surface area contributed by atoms with E-state index in [0.29, 0.717) is 30.2 Å². The summed E-state index contributed by atoms with van der Waals surface area (Å²) >= 11 is 5.93. The zero-order valence-corrected chi connectivity index (χ0v) is 22.3. The highest BCUT2D eigenvalue weighted by molar-refractivity contribution is 6.30. The van der Waals surface area contributed by atoms with E-state index in [4.69, 9.17) is 16.3 Å². The first kappa shape index (κ1) is 26.0. The molecular weight excluding hydrogens is 509 g/mol. The van der Waals surface area contributed by atoms with Crippen molar-refractivity contribution in [2.75, 3.05) is 31.6 Å². The number of fused-ring (bicyclic) bond motifs is 1. The summed E-state index contributed by atoms with van der Waals surface area (Å²) in [7, 11) is 1.46. The van der Waals surface area contributed by atoms with Gasteiger partial charge < -0.3 is 19.1 Å². The number of halogens is 2. The Bertz CT molecular complexity index is 1510. The number of hydrogen-bond donors (Lipinski definition) is 0. The van der Waals surface area contributed by atoms with Crippen molar-refractivity contribution in [1.29, 1.82) is 0 Å². The Morgan fingerprint density at radius 2 is 1.87 bits per heavy atom. The third kappa shape index (κ3) is 4.80. The average molecular weight is 538 g/mol. The Morgan fingerprint density at radius 3 is 2.47 bits per heavy atom. The van der Waals surface area contributed by atoms with Crippen LogP contribution in [-0.4, -0.2) is 53.9 Å². The number of piperazine rings is 1. The minimum Gasteiger partial charge on any atom is -0.492 e. The lowest BCUT2D eigenvalue weighted by molar-refractivity contribution is -0.131. The molecular formula is C29H29ClFN3O4. The maximum atomic E-state index is 15.7. The number of aromatic nitrogens is 1. The van der Waals surface area contributed by atoms with Gasteiger partial charge in [0.05, 0.1) is 23.6 Å². The van der Waals surface area contributed by atoms with Crippen molar-refractivity contribution in [2.45, 2.75) is 38.8 Å². The number of ketones is 1. The highest BCUT2D eigenvalue weighted by Gasteiger charge is 2.33. The molecule has 1 atom stereocenters. The lowest BCUT2D eigenvalue weighted by atomic mass is 10.0. The topological polar surface area (TPSA) is 71.8 Å². The highest BCUT2D eigenvalue weighted by Crippen LogP contribution is 2.44. The maximum absolute atomic E-state index is 15.7. The lowest BCUT2D eigenvalue weighted by Gasteiger charge is -2.41. The lowest BCUT2D eigenvalue weighted by Crippen LogP contribution is -2.53. The Kier molecular flexibility index (Phi) is 7.01. The predicted molar refractivity (Wildman–Crippen MR) is 147 cm³/mol. The molecule has 2 heterocycles. The second-order valence-electron chi connectivity index (χ2n) is 9.90. The van der Waals surface area contributed by atoms with Gasteiger partial charge in [-0.1, -0.05) is 29.8 Å². The first-order chi connectivity index (χ1) is 18.2. The van der Waals surface area contributed by atoms with Crippen molar-refractivity contribution in [3.8, 4) is 5.75 Å². The fraction of sp³-hybridized carbons (Fsp3) is 0.345. The van der Waals surface area contributed by atoms with Gasteiger partial charge in [0.15, 0.2) is 17.3 Å². The van der Waals surface area contributed by atoms with Gasteiger partial charge in [0.2, 0.25) is 11.3 Å². The molecule has 1 aliphatic carbocycles. The number of anilines is 1. The molecule has 0 N–H and O–H groups in total. The quantitative estimate of drug-likeness (QED) is 0.323. The summed E-state index contributed by atoms with van der Waals surface area (Å²) < 4.78 is 23.4.